The topological polar surface area (TPSA) is 50.2 Å². The summed E-state index contributed by atoms with van der Waals surface area (Å²) in [6.45, 7) is 1.69. The lowest BCUT2D eigenvalue weighted by Gasteiger charge is -2.34. The molecule has 0 atom stereocenters. The van der Waals surface area contributed by atoms with Gasteiger partial charge in [-0.25, -0.2) is 0 Å². The third kappa shape index (κ3) is 1.77. The molecule has 2 heterocycles. The predicted octanol–water partition coefficient (Wildman–Crippen LogP) is -0.0798. The minimum atomic E-state index is 0.0711. The highest BCUT2D eigenvalue weighted by atomic mass is 16.2. The molecule has 1 amide bonds. The van der Waals surface area contributed by atoms with Gasteiger partial charge in [0, 0.05) is 32.4 Å². The number of nitrogens with one attached hydrogen (secondary N) is 1. The first-order valence-electron chi connectivity index (χ1n) is 4.64. The summed E-state index contributed by atoms with van der Waals surface area (Å²) < 4.78 is 1.67. The van der Waals surface area contributed by atoms with Crippen LogP contribution in [0.1, 0.15) is 0 Å². The molecule has 0 radical (unpaired) electrons. The number of amides is 1. The van der Waals surface area contributed by atoms with Crippen molar-refractivity contribution >= 4 is 11.7 Å². The minimum Gasteiger partial charge on any atom is -0.309 e. The number of carbonyl (C=O) groups is 1. The number of hydrogen-bond donors (Lipinski definition) is 1. The number of aromatic nitrogens is 2. The molecule has 1 aromatic heterocycles. The maximum absolute atomic E-state index is 11.6. The Morgan fingerprint density at radius 2 is 2.29 bits per heavy atom. The molecule has 2 rings (SSSR count). The van der Waals surface area contributed by atoms with E-state index in [9.17, 15) is 4.79 Å². The maximum atomic E-state index is 11.6. The SMILES string of the molecule is CN1CC(C(=O)Nc2ccn(C)n2)C1. The summed E-state index contributed by atoms with van der Waals surface area (Å²) in [5, 5.41) is 6.87. The van der Waals surface area contributed by atoms with E-state index in [-0.39, 0.29) is 11.8 Å². The highest BCUT2D eigenvalue weighted by molar-refractivity contribution is 5.92. The fourth-order valence-corrected chi connectivity index (χ4v) is 1.57. The molecule has 0 spiro atoms. The van der Waals surface area contributed by atoms with Crippen LogP contribution in [-0.4, -0.2) is 40.7 Å². The maximum Gasteiger partial charge on any atom is 0.231 e. The van der Waals surface area contributed by atoms with Gasteiger partial charge in [0.2, 0.25) is 5.91 Å². The predicted molar refractivity (Wildman–Crippen MR) is 52.8 cm³/mol. The van der Waals surface area contributed by atoms with Gasteiger partial charge in [-0.15, -0.1) is 0 Å². The lowest BCUT2D eigenvalue weighted by Crippen LogP contribution is -2.49. The number of hydrogen-bond acceptors (Lipinski definition) is 3. The summed E-state index contributed by atoms with van der Waals surface area (Å²) in [4.78, 5) is 13.7. The normalized spacial score (nSPS) is 17.9. The molecule has 1 aliphatic heterocycles. The van der Waals surface area contributed by atoms with Gasteiger partial charge < -0.3 is 10.2 Å². The number of carbonyl (C=O) groups excluding carboxylic acids is 1. The summed E-state index contributed by atoms with van der Waals surface area (Å²) in [5.41, 5.74) is 0. The zero-order valence-electron chi connectivity index (χ0n) is 8.40. The van der Waals surface area contributed by atoms with E-state index >= 15 is 0 Å². The Kier molecular flexibility index (Phi) is 2.25. The van der Waals surface area contributed by atoms with Crippen molar-refractivity contribution in [3.8, 4) is 0 Å². The molecular weight excluding hydrogens is 180 g/mol. The number of anilines is 1. The second kappa shape index (κ2) is 3.42. The highest BCUT2D eigenvalue weighted by Gasteiger charge is 2.30. The smallest absolute Gasteiger partial charge is 0.231 e. The van der Waals surface area contributed by atoms with Gasteiger partial charge in [0.05, 0.1) is 5.92 Å². The molecule has 1 aliphatic rings. The van der Waals surface area contributed by atoms with E-state index in [0.29, 0.717) is 5.82 Å². The number of rotatable bonds is 2. The Labute approximate surface area is 82.7 Å². The first-order valence-corrected chi connectivity index (χ1v) is 4.64. The summed E-state index contributed by atoms with van der Waals surface area (Å²) in [6, 6.07) is 1.79. The van der Waals surface area contributed by atoms with Crippen molar-refractivity contribution in [2.24, 2.45) is 13.0 Å². The first kappa shape index (κ1) is 9.21. The largest absolute Gasteiger partial charge is 0.309 e. The van der Waals surface area contributed by atoms with Crippen molar-refractivity contribution in [1.82, 2.24) is 14.7 Å². The molecule has 1 aromatic rings. The standard InChI is InChI=1S/C9H14N4O/c1-12-5-7(6-12)9(14)10-8-3-4-13(2)11-8/h3-4,7H,5-6H2,1-2H3,(H,10,11,14). The minimum absolute atomic E-state index is 0.0711. The van der Waals surface area contributed by atoms with E-state index in [1.54, 1.807) is 10.7 Å². The molecule has 0 unspecified atom stereocenters. The molecule has 76 valence electrons. The Hall–Kier alpha value is -1.36. The fraction of sp³-hybridized carbons (Fsp3) is 0.556. The van der Waals surface area contributed by atoms with E-state index in [1.165, 1.54) is 0 Å². The highest BCUT2D eigenvalue weighted by Crippen LogP contribution is 2.14. The average molecular weight is 194 g/mol. The Balaban J connectivity index is 1.89. The lowest BCUT2D eigenvalue weighted by molar-refractivity contribution is -0.124. The van der Waals surface area contributed by atoms with Gasteiger partial charge >= 0.3 is 0 Å². The van der Waals surface area contributed by atoms with Gasteiger partial charge in [-0.2, -0.15) is 5.10 Å². The van der Waals surface area contributed by atoms with Crippen LogP contribution in [0.25, 0.3) is 0 Å². The zero-order valence-corrected chi connectivity index (χ0v) is 8.40. The van der Waals surface area contributed by atoms with Crippen LogP contribution in [0.15, 0.2) is 12.3 Å². The van der Waals surface area contributed by atoms with E-state index in [2.05, 4.69) is 15.3 Å². The van der Waals surface area contributed by atoms with Crippen molar-refractivity contribution in [1.29, 1.82) is 0 Å². The molecule has 0 aromatic carbocycles. The number of likely N-dealkylation sites (tertiary alicyclic amines) is 1. The van der Waals surface area contributed by atoms with Crippen molar-refractivity contribution < 1.29 is 4.79 Å². The molecule has 1 N–H and O–H groups in total. The Morgan fingerprint density at radius 3 is 2.79 bits per heavy atom. The zero-order chi connectivity index (χ0) is 10.1. The van der Waals surface area contributed by atoms with Crippen LogP contribution < -0.4 is 5.32 Å². The number of aryl methyl sites for hydroxylation is 1. The monoisotopic (exact) mass is 194 g/mol. The Bertz CT molecular complexity index is 340. The van der Waals surface area contributed by atoms with Crippen LogP contribution in [-0.2, 0) is 11.8 Å². The molecule has 14 heavy (non-hydrogen) atoms. The first-order chi connectivity index (χ1) is 6.65. The van der Waals surface area contributed by atoms with E-state index < -0.39 is 0 Å². The van der Waals surface area contributed by atoms with Gasteiger partial charge in [-0.3, -0.25) is 9.48 Å². The molecule has 0 saturated carbocycles. The van der Waals surface area contributed by atoms with Gasteiger partial charge in [-0.1, -0.05) is 0 Å². The summed E-state index contributed by atoms with van der Waals surface area (Å²) >= 11 is 0. The molecule has 1 fully saturated rings. The van der Waals surface area contributed by atoms with Crippen LogP contribution in [0.2, 0.25) is 0 Å². The third-order valence-corrected chi connectivity index (χ3v) is 2.40. The van der Waals surface area contributed by atoms with E-state index in [1.807, 2.05) is 20.3 Å². The molecule has 5 nitrogen and oxygen atoms in total. The van der Waals surface area contributed by atoms with E-state index in [4.69, 9.17) is 0 Å². The molecule has 5 heteroatoms. The van der Waals surface area contributed by atoms with Crippen LogP contribution in [0.5, 0.6) is 0 Å². The molecule has 0 bridgehead atoms. The van der Waals surface area contributed by atoms with Crippen molar-refractivity contribution in [2.45, 2.75) is 0 Å². The molecule has 0 aliphatic carbocycles. The summed E-state index contributed by atoms with van der Waals surface area (Å²) in [7, 11) is 3.83. The fourth-order valence-electron chi connectivity index (χ4n) is 1.57. The van der Waals surface area contributed by atoms with Crippen molar-refractivity contribution in [3.63, 3.8) is 0 Å². The second-order valence-corrected chi connectivity index (χ2v) is 3.78. The van der Waals surface area contributed by atoms with Gasteiger partial charge in [0.1, 0.15) is 0 Å². The van der Waals surface area contributed by atoms with Crippen LogP contribution in [0.4, 0.5) is 5.82 Å². The van der Waals surface area contributed by atoms with Crippen LogP contribution >= 0.6 is 0 Å². The third-order valence-electron chi connectivity index (χ3n) is 2.40. The summed E-state index contributed by atoms with van der Waals surface area (Å²) in [5.74, 6) is 0.829. The van der Waals surface area contributed by atoms with E-state index in [0.717, 1.165) is 13.1 Å². The van der Waals surface area contributed by atoms with Crippen LogP contribution in [0, 0.1) is 5.92 Å². The average Bonchev–Trinajstić information content (AvgIpc) is 2.45. The number of nitrogens with zero attached hydrogens (tertiary/aromatic N) is 3. The van der Waals surface area contributed by atoms with Crippen molar-refractivity contribution in [2.75, 3.05) is 25.5 Å². The van der Waals surface area contributed by atoms with Gasteiger partial charge in [0.25, 0.3) is 0 Å². The van der Waals surface area contributed by atoms with Crippen molar-refractivity contribution in [3.05, 3.63) is 12.3 Å². The van der Waals surface area contributed by atoms with Gasteiger partial charge in [-0.05, 0) is 7.05 Å². The lowest BCUT2D eigenvalue weighted by atomic mass is 10.0. The summed E-state index contributed by atoms with van der Waals surface area (Å²) in [6.07, 6.45) is 1.81. The van der Waals surface area contributed by atoms with Crippen LogP contribution in [0.3, 0.4) is 0 Å². The second-order valence-electron chi connectivity index (χ2n) is 3.78. The molecular formula is C9H14N4O. The Morgan fingerprint density at radius 1 is 1.57 bits per heavy atom. The molecule has 1 saturated heterocycles. The quantitative estimate of drug-likeness (QED) is 0.716. The van der Waals surface area contributed by atoms with Gasteiger partial charge in [0.15, 0.2) is 5.82 Å².